The smallest absolute Gasteiger partial charge is 0.404 e. The lowest BCUT2D eigenvalue weighted by molar-refractivity contribution is -0.275. The fourth-order valence-electron chi connectivity index (χ4n) is 4.65. The number of anilines is 2. The molecule has 1 aliphatic rings. The van der Waals surface area contributed by atoms with Crippen LogP contribution >= 0.6 is 0 Å². The number of benzene rings is 3. The molecule has 41 heavy (non-hydrogen) atoms. The van der Waals surface area contributed by atoms with Gasteiger partial charge in [-0.15, -0.1) is 13.2 Å². The summed E-state index contributed by atoms with van der Waals surface area (Å²) in [6.45, 7) is 1.80. The van der Waals surface area contributed by atoms with Crippen LogP contribution in [-0.4, -0.2) is 41.9 Å². The predicted octanol–water partition coefficient (Wildman–Crippen LogP) is 4.73. The van der Waals surface area contributed by atoms with Gasteiger partial charge in [-0.05, 0) is 61.7 Å². The molecule has 2 N–H and O–H groups in total. The Kier molecular flexibility index (Phi) is 8.66. The Hall–Kier alpha value is -3.62. The van der Waals surface area contributed by atoms with E-state index in [0.29, 0.717) is 17.8 Å². The first kappa shape index (κ1) is 30.3. The quantitative estimate of drug-likeness (QED) is 0.239. The Morgan fingerprint density at radius 1 is 0.927 bits per heavy atom. The van der Waals surface area contributed by atoms with Crippen molar-refractivity contribution in [3.05, 3.63) is 83.9 Å². The highest BCUT2D eigenvalue weighted by Crippen LogP contribution is 2.45. The second-order valence-electron chi connectivity index (χ2n) is 9.63. The zero-order chi connectivity index (χ0) is 30.0. The Morgan fingerprint density at radius 2 is 1.56 bits per heavy atom. The highest BCUT2D eigenvalue weighted by Gasteiger charge is 2.48. The average molecular weight is 612 g/mol. The molecule has 0 radical (unpaired) electrons. The van der Waals surface area contributed by atoms with Gasteiger partial charge in [0.2, 0.25) is 26.0 Å². The number of amides is 1. The number of para-hydroxylation sites is 1. The summed E-state index contributed by atoms with van der Waals surface area (Å²) in [5, 5.41) is 0. The number of hydrogen-bond acceptors (Lipinski definition) is 6. The van der Waals surface area contributed by atoms with Crippen LogP contribution in [0, 0.1) is 12.8 Å². The third kappa shape index (κ3) is 7.57. The van der Waals surface area contributed by atoms with Gasteiger partial charge in [-0.1, -0.05) is 42.0 Å². The molecule has 0 saturated carbocycles. The molecule has 4 rings (SSSR count). The lowest BCUT2D eigenvalue weighted by Crippen LogP contribution is -2.55. The number of nitrogens with one attached hydrogen (secondary N) is 2. The standard InChI is InChI=1S/C27H28F3N3O6S2/c1-18-9-15-21(16-10-18)33-25(19-11-13-20(14-12-19)32-40(2,35)36)22(26(33)34)6-5-17-31-41(37,38)24-8-4-3-7-23(24)39-27(28,29)30/h3-4,7-16,22,25,31-32H,5-6,17H2,1-2H3/t22-,25-/m1/s1. The van der Waals surface area contributed by atoms with Gasteiger partial charge in [-0.2, -0.15) is 0 Å². The van der Waals surface area contributed by atoms with Crippen LogP contribution in [0.2, 0.25) is 0 Å². The van der Waals surface area contributed by atoms with Crippen molar-refractivity contribution in [1.29, 1.82) is 0 Å². The Balaban J connectivity index is 1.48. The van der Waals surface area contributed by atoms with Crippen LogP contribution in [0.5, 0.6) is 5.75 Å². The molecule has 0 aliphatic carbocycles. The molecule has 3 aromatic carbocycles. The average Bonchev–Trinajstić information content (AvgIpc) is 2.87. The molecule has 0 unspecified atom stereocenters. The lowest BCUT2D eigenvalue weighted by atomic mass is 9.79. The zero-order valence-corrected chi connectivity index (χ0v) is 23.7. The number of ether oxygens (including phenoxy) is 1. The van der Waals surface area contributed by atoms with E-state index in [1.54, 1.807) is 29.2 Å². The van der Waals surface area contributed by atoms with Crippen molar-refractivity contribution in [2.24, 2.45) is 5.92 Å². The van der Waals surface area contributed by atoms with E-state index in [0.717, 1.165) is 29.5 Å². The highest BCUT2D eigenvalue weighted by atomic mass is 32.2. The molecule has 0 bridgehead atoms. The number of aryl methyl sites for hydroxylation is 1. The van der Waals surface area contributed by atoms with Crippen LogP contribution in [0.1, 0.15) is 30.0 Å². The number of rotatable bonds is 11. The van der Waals surface area contributed by atoms with Crippen LogP contribution < -0.4 is 19.1 Å². The largest absolute Gasteiger partial charge is 0.573 e. The van der Waals surface area contributed by atoms with Crippen molar-refractivity contribution in [3.8, 4) is 5.75 Å². The fourth-order valence-corrected chi connectivity index (χ4v) is 6.42. The summed E-state index contributed by atoms with van der Waals surface area (Å²) < 4.78 is 95.3. The van der Waals surface area contributed by atoms with Crippen molar-refractivity contribution in [1.82, 2.24) is 4.72 Å². The van der Waals surface area contributed by atoms with Crippen molar-refractivity contribution < 1.29 is 39.5 Å². The molecule has 2 atom stereocenters. The van der Waals surface area contributed by atoms with Gasteiger partial charge in [0, 0.05) is 17.9 Å². The number of carbonyl (C=O) groups is 1. The first-order chi connectivity index (χ1) is 19.1. The number of sulfonamides is 2. The van der Waals surface area contributed by atoms with Crippen LogP contribution in [0.15, 0.2) is 77.7 Å². The summed E-state index contributed by atoms with van der Waals surface area (Å²) in [5.41, 5.74) is 2.82. The number of nitrogens with zero attached hydrogens (tertiary/aromatic N) is 1. The summed E-state index contributed by atoms with van der Waals surface area (Å²) in [6.07, 6.45) is -3.51. The molecule has 14 heteroatoms. The number of alkyl halides is 3. The van der Waals surface area contributed by atoms with Crippen molar-refractivity contribution in [2.45, 2.75) is 37.1 Å². The maximum atomic E-state index is 13.2. The Morgan fingerprint density at radius 3 is 2.17 bits per heavy atom. The SMILES string of the molecule is Cc1ccc(N2C(=O)[C@H](CCCNS(=O)(=O)c3ccccc3OC(F)(F)F)[C@H]2c2ccc(NS(C)(=O)=O)cc2)cc1. The lowest BCUT2D eigenvalue weighted by Gasteiger charge is -2.47. The Labute approximate surface area is 236 Å². The van der Waals surface area contributed by atoms with E-state index in [1.807, 2.05) is 31.2 Å². The predicted molar refractivity (Wildman–Crippen MR) is 147 cm³/mol. The molecular formula is C27H28F3N3O6S2. The molecule has 0 aromatic heterocycles. The highest BCUT2D eigenvalue weighted by molar-refractivity contribution is 7.92. The minimum Gasteiger partial charge on any atom is -0.404 e. The first-order valence-electron chi connectivity index (χ1n) is 12.5. The van der Waals surface area contributed by atoms with Crippen LogP contribution in [0.25, 0.3) is 0 Å². The molecule has 1 saturated heterocycles. The summed E-state index contributed by atoms with van der Waals surface area (Å²) in [5.74, 6) is -1.51. The Bertz CT molecular complexity index is 1610. The van der Waals surface area contributed by atoms with Crippen molar-refractivity contribution in [2.75, 3.05) is 22.4 Å². The van der Waals surface area contributed by atoms with Crippen LogP contribution in [0.3, 0.4) is 0 Å². The van der Waals surface area contributed by atoms with Crippen molar-refractivity contribution >= 4 is 37.3 Å². The summed E-state index contributed by atoms with van der Waals surface area (Å²) in [7, 11) is -7.81. The molecule has 1 heterocycles. The molecule has 9 nitrogen and oxygen atoms in total. The first-order valence-corrected chi connectivity index (χ1v) is 15.8. The molecule has 1 amide bonds. The second-order valence-corrected chi connectivity index (χ2v) is 13.1. The van der Waals surface area contributed by atoms with Gasteiger partial charge >= 0.3 is 6.36 Å². The second kappa shape index (κ2) is 11.7. The number of hydrogen-bond donors (Lipinski definition) is 2. The molecule has 220 valence electrons. The fraction of sp³-hybridized carbons (Fsp3) is 0.296. The summed E-state index contributed by atoms with van der Waals surface area (Å²) in [4.78, 5) is 14.2. The van der Waals surface area contributed by atoms with Gasteiger partial charge in [0.15, 0.2) is 0 Å². The van der Waals surface area contributed by atoms with E-state index in [1.165, 1.54) is 12.1 Å². The molecule has 1 aliphatic heterocycles. The van der Waals surface area contributed by atoms with E-state index in [-0.39, 0.29) is 18.9 Å². The van der Waals surface area contributed by atoms with Crippen LogP contribution in [-0.2, 0) is 24.8 Å². The van der Waals surface area contributed by atoms with Crippen molar-refractivity contribution in [3.63, 3.8) is 0 Å². The monoisotopic (exact) mass is 611 g/mol. The topological polar surface area (TPSA) is 122 Å². The van der Waals surface area contributed by atoms with E-state index < -0.39 is 49.0 Å². The van der Waals surface area contributed by atoms with Gasteiger partial charge in [-0.25, -0.2) is 21.6 Å². The third-order valence-corrected chi connectivity index (χ3v) is 8.54. The maximum absolute atomic E-state index is 13.2. The molecule has 0 spiro atoms. The maximum Gasteiger partial charge on any atom is 0.573 e. The van der Waals surface area contributed by atoms with Gasteiger partial charge in [0.25, 0.3) is 0 Å². The van der Waals surface area contributed by atoms with E-state index >= 15 is 0 Å². The summed E-state index contributed by atoms with van der Waals surface area (Å²) in [6, 6.07) is 18.1. The van der Waals surface area contributed by atoms with Gasteiger partial charge in [0.05, 0.1) is 18.2 Å². The number of β-lactam (4-membered cyclic amide) rings is 1. The molecular weight excluding hydrogens is 583 g/mol. The zero-order valence-electron chi connectivity index (χ0n) is 22.1. The number of halogens is 3. The van der Waals surface area contributed by atoms with E-state index in [2.05, 4.69) is 14.2 Å². The van der Waals surface area contributed by atoms with E-state index in [4.69, 9.17) is 0 Å². The normalized spacial score (nSPS) is 17.7. The summed E-state index contributed by atoms with van der Waals surface area (Å²) >= 11 is 0. The van der Waals surface area contributed by atoms with Gasteiger partial charge in [0.1, 0.15) is 10.6 Å². The van der Waals surface area contributed by atoms with E-state index in [9.17, 15) is 34.8 Å². The third-order valence-electron chi connectivity index (χ3n) is 6.43. The number of carbonyl (C=O) groups excluding carboxylic acids is 1. The van der Waals surface area contributed by atoms with Crippen LogP contribution in [0.4, 0.5) is 24.5 Å². The minimum absolute atomic E-state index is 0.124. The van der Waals surface area contributed by atoms with Gasteiger partial charge in [-0.3, -0.25) is 9.52 Å². The van der Waals surface area contributed by atoms with Gasteiger partial charge < -0.3 is 9.64 Å². The molecule has 3 aromatic rings. The molecule has 1 fully saturated rings. The minimum atomic E-state index is -5.06.